The molecule has 3 aromatic rings. The van der Waals surface area contributed by atoms with Crippen molar-refractivity contribution >= 4 is 16.5 Å². The molecular weight excluding hydrogens is 338 g/mol. The predicted molar refractivity (Wildman–Crippen MR) is 106 cm³/mol. The Morgan fingerprint density at radius 3 is 2.59 bits per heavy atom. The molecule has 5 rings (SSSR count). The van der Waals surface area contributed by atoms with Crippen LogP contribution in [0.2, 0.25) is 0 Å². The number of nitrogens with one attached hydrogen (secondary N) is 1. The molecule has 2 N–H and O–H groups in total. The van der Waals surface area contributed by atoms with E-state index in [0.717, 1.165) is 40.8 Å². The third kappa shape index (κ3) is 2.33. The molecule has 0 saturated carbocycles. The van der Waals surface area contributed by atoms with Gasteiger partial charge in [0, 0.05) is 34.5 Å². The fourth-order valence-electron chi connectivity index (χ4n) is 4.83. The third-order valence-electron chi connectivity index (χ3n) is 6.27. The van der Waals surface area contributed by atoms with E-state index in [9.17, 15) is 5.11 Å². The van der Waals surface area contributed by atoms with E-state index < -0.39 is 5.60 Å². The molecule has 1 fully saturated rings. The summed E-state index contributed by atoms with van der Waals surface area (Å²) in [6, 6.07) is 18.3. The quantitative estimate of drug-likeness (QED) is 0.633. The summed E-state index contributed by atoms with van der Waals surface area (Å²) in [6.07, 6.45) is 0.979. The lowest BCUT2D eigenvalue weighted by Crippen LogP contribution is -2.40. The van der Waals surface area contributed by atoms with Crippen LogP contribution in [-0.2, 0) is 10.3 Å². The molecule has 0 aromatic heterocycles. The van der Waals surface area contributed by atoms with Gasteiger partial charge in [0.05, 0.1) is 18.8 Å². The first kappa shape index (κ1) is 16.5. The standard InChI is InChI=1S/C23H23NO3/c1-23-18(11-12-27-23)21(14-7-9-15(26-2)10-8-14)24-22-17-6-4-3-5-16(17)20(25)13-19(22)23/h3-10,13,18,21,24-25H,11-12H2,1-2H3/t18-,21+,23-/m0/s1. The maximum Gasteiger partial charge on any atom is 0.123 e. The zero-order valence-corrected chi connectivity index (χ0v) is 15.5. The number of hydrogen-bond donors (Lipinski definition) is 2. The molecule has 4 nitrogen and oxygen atoms in total. The number of phenols is 1. The van der Waals surface area contributed by atoms with Gasteiger partial charge >= 0.3 is 0 Å². The molecule has 0 bridgehead atoms. The highest BCUT2D eigenvalue weighted by atomic mass is 16.5. The molecule has 3 aromatic carbocycles. The molecule has 4 heteroatoms. The van der Waals surface area contributed by atoms with E-state index in [4.69, 9.17) is 9.47 Å². The van der Waals surface area contributed by atoms with Gasteiger partial charge in [-0.3, -0.25) is 0 Å². The van der Waals surface area contributed by atoms with Crippen LogP contribution in [-0.4, -0.2) is 18.8 Å². The second-order valence-electron chi connectivity index (χ2n) is 7.61. The number of rotatable bonds is 2. The summed E-state index contributed by atoms with van der Waals surface area (Å²) in [5.74, 6) is 1.46. The largest absolute Gasteiger partial charge is 0.507 e. The van der Waals surface area contributed by atoms with Gasteiger partial charge in [-0.15, -0.1) is 0 Å². The van der Waals surface area contributed by atoms with Crippen LogP contribution >= 0.6 is 0 Å². The summed E-state index contributed by atoms with van der Waals surface area (Å²) in [5, 5.41) is 16.3. The monoisotopic (exact) mass is 361 g/mol. The summed E-state index contributed by atoms with van der Waals surface area (Å²) in [7, 11) is 1.69. The van der Waals surface area contributed by atoms with E-state index in [0.29, 0.717) is 11.7 Å². The van der Waals surface area contributed by atoms with E-state index >= 15 is 0 Å². The topological polar surface area (TPSA) is 50.7 Å². The second-order valence-corrected chi connectivity index (χ2v) is 7.61. The Morgan fingerprint density at radius 1 is 1.11 bits per heavy atom. The number of phenolic OH excluding ortho intramolecular Hbond substituents is 1. The Hall–Kier alpha value is -2.72. The van der Waals surface area contributed by atoms with Gasteiger partial charge in [0.25, 0.3) is 0 Å². The van der Waals surface area contributed by atoms with E-state index in [1.54, 1.807) is 7.11 Å². The van der Waals surface area contributed by atoms with Gasteiger partial charge in [0.15, 0.2) is 0 Å². The average molecular weight is 361 g/mol. The maximum atomic E-state index is 10.6. The van der Waals surface area contributed by atoms with Crippen molar-refractivity contribution in [1.29, 1.82) is 0 Å². The van der Waals surface area contributed by atoms with Crippen molar-refractivity contribution in [1.82, 2.24) is 0 Å². The van der Waals surface area contributed by atoms with Crippen molar-refractivity contribution in [3.05, 3.63) is 65.7 Å². The van der Waals surface area contributed by atoms with Gasteiger partial charge < -0.3 is 19.9 Å². The van der Waals surface area contributed by atoms with Crippen LogP contribution in [0.3, 0.4) is 0 Å². The Morgan fingerprint density at radius 2 is 1.85 bits per heavy atom. The van der Waals surface area contributed by atoms with Crippen LogP contribution in [0.25, 0.3) is 10.8 Å². The number of fused-ring (bicyclic) bond motifs is 5. The summed E-state index contributed by atoms with van der Waals surface area (Å²) >= 11 is 0. The molecule has 2 aliphatic rings. The van der Waals surface area contributed by atoms with E-state index in [1.807, 2.05) is 36.4 Å². The Kier molecular flexibility index (Phi) is 3.59. The summed E-state index contributed by atoms with van der Waals surface area (Å²) in [4.78, 5) is 0. The predicted octanol–water partition coefficient (Wildman–Crippen LogP) is 4.97. The van der Waals surface area contributed by atoms with Crippen LogP contribution in [0.1, 0.15) is 30.5 Å². The molecular formula is C23H23NO3. The first-order valence-corrected chi connectivity index (χ1v) is 9.41. The van der Waals surface area contributed by atoms with Crippen molar-refractivity contribution in [2.24, 2.45) is 5.92 Å². The lowest BCUT2D eigenvalue weighted by atomic mass is 9.72. The molecule has 27 heavy (non-hydrogen) atoms. The highest BCUT2D eigenvalue weighted by Gasteiger charge is 2.51. The molecule has 0 amide bonds. The Balaban J connectivity index is 1.71. The molecule has 3 atom stereocenters. The van der Waals surface area contributed by atoms with Crippen LogP contribution in [0.15, 0.2) is 54.6 Å². The highest BCUT2D eigenvalue weighted by Crippen LogP contribution is 2.56. The van der Waals surface area contributed by atoms with E-state index in [2.05, 4.69) is 30.4 Å². The molecule has 2 heterocycles. The first-order valence-electron chi connectivity index (χ1n) is 9.41. The van der Waals surface area contributed by atoms with Gasteiger partial charge in [-0.05, 0) is 37.1 Å². The number of ether oxygens (including phenoxy) is 2. The van der Waals surface area contributed by atoms with Gasteiger partial charge in [-0.25, -0.2) is 0 Å². The summed E-state index contributed by atoms with van der Waals surface area (Å²) < 4.78 is 11.6. The average Bonchev–Trinajstić information content (AvgIpc) is 3.11. The number of benzene rings is 3. The first-order chi connectivity index (χ1) is 13.1. The number of methoxy groups -OCH3 is 1. The van der Waals surface area contributed by atoms with E-state index in [-0.39, 0.29) is 6.04 Å². The van der Waals surface area contributed by atoms with Crippen LogP contribution in [0.4, 0.5) is 5.69 Å². The van der Waals surface area contributed by atoms with Gasteiger partial charge in [-0.1, -0.05) is 36.4 Å². The number of anilines is 1. The zero-order chi connectivity index (χ0) is 18.6. The SMILES string of the molecule is COc1ccc([C@H]2Nc3c(cc(O)c4ccccc34)[C@@]3(C)OCC[C@@H]23)cc1. The smallest absolute Gasteiger partial charge is 0.123 e. The Bertz CT molecular complexity index is 1010. The minimum atomic E-state index is -0.424. The zero-order valence-electron chi connectivity index (χ0n) is 15.5. The number of hydrogen-bond acceptors (Lipinski definition) is 4. The minimum absolute atomic E-state index is 0.142. The van der Waals surface area contributed by atoms with Gasteiger partial charge in [0.2, 0.25) is 0 Å². The lowest BCUT2D eigenvalue weighted by Gasteiger charge is -2.44. The fraction of sp³-hybridized carbons (Fsp3) is 0.304. The molecule has 0 radical (unpaired) electrons. The van der Waals surface area contributed by atoms with Crippen molar-refractivity contribution in [2.75, 3.05) is 19.0 Å². The fourth-order valence-corrected chi connectivity index (χ4v) is 4.83. The van der Waals surface area contributed by atoms with Crippen LogP contribution in [0.5, 0.6) is 11.5 Å². The molecule has 2 aliphatic heterocycles. The minimum Gasteiger partial charge on any atom is -0.507 e. The van der Waals surface area contributed by atoms with Crippen molar-refractivity contribution in [2.45, 2.75) is 25.0 Å². The molecule has 0 aliphatic carbocycles. The maximum absolute atomic E-state index is 10.6. The summed E-state index contributed by atoms with van der Waals surface area (Å²) in [5.41, 5.74) is 2.91. The molecule has 1 saturated heterocycles. The van der Waals surface area contributed by atoms with Crippen LogP contribution in [0, 0.1) is 5.92 Å². The third-order valence-corrected chi connectivity index (χ3v) is 6.27. The highest BCUT2D eigenvalue weighted by molar-refractivity contribution is 6.00. The van der Waals surface area contributed by atoms with Crippen molar-refractivity contribution in [3.63, 3.8) is 0 Å². The van der Waals surface area contributed by atoms with Gasteiger partial charge in [-0.2, -0.15) is 0 Å². The van der Waals surface area contributed by atoms with Gasteiger partial charge in [0.1, 0.15) is 11.5 Å². The van der Waals surface area contributed by atoms with E-state index in [1.165, 1.54) is 5.56 Å². The normalized spacial score (nSPS) is 26.3. The number of aromatic hydroxyl groups is 1. The Labute approximate surface area is 158 Å². The summed E-state index contributed by atoms with van der Waals surface area (Å²) in [6.45, 7) is 2.89. The van der Waals surface area contributed by atoms with Crippen molar-refractivity contribution in [3.8, 4) is 11.5 Å². The van der Waals surface area contributed by atoms with Crippen LogP contribution < -0.4 is 10.1 Å². The molecule has 0 unspecified atom stereocenters. The van der Waals surface area contributed by atoms with Crippen molar-refractivity contribution < 1.29 is 14.6 Å². The molecule has 138 valence electrons. The lowest BCUT2D eigenvalue weighted by molar-refractivity contribution is -0.0178. The second kappa shape index (κ2) is 5.89. The molecule has 0 spiro atoms.